The summed E-state index contributed by atoms with van der Waals surface area (Å²) < 4.78 is 13.5. The lowest BCUT2D eigenvalue weighted by molar-refractivity contribution is 0.266. The molecule has 0 fully saturated rings. The van der Waals surface area contributed by atoms with Crippen molar-refractivity contribution in [1.82, 2.24) is 4.57 Å². The fourth-order valence-corrected chi connectivity index (χ4v) is 2.34. The van der Waals surface area contributed by atoms with E-state index in [-0.39, 0.29) is 11.1 Å². The van der Waals surface area contributed by atoms with Crippen molar-refractivity contribution in [2.24, 2.45) is 0 Å². The van der Waals surface area contributed by atoms with Crippen LogP contribution in [-0.2, 0) is 6.54 Å². The first-order valence-electron chi connectivity index (χ1n) is 6.61. The van der Waals surface area contributed by atoms with Gasteiger partial charge in [0.15, 0.2) is 11.5 Å². The summed E-state index contributed by atoms with van der Waals surface area (Å²) in [5.74, 6) is 1.42. The van der Waals surface area contributed by atoms with Crippen molar-refractivity contribution in [3.05, 3.63) is 51.4 Å². The maximum Gasteiger partial charge on any atom is 0.218 e. The van der Waals surface area contributed by atoms with Crippen LogP contribution in [0.4, 0.5) is 5.69 Å². The summed E-state index contributed by atoms with van der Waals surface area (Å²) in [6.07, 6.45) is 3.29. The highest BCUT2D eigenvalue weighted by molar-refractivity contribution is 9.10. The van der Waals surface area contributed by atoms with E-state index in [0.29, 0.717) is 30.0 Å². The van der Waals surface area contributed by atoms with Gasteiger partial charge in [0.25, 0.3) is 0 Å². The van der Waals surface area contributed by atoms with Crippen LogP contribution in [0.15, 0.2) is 45.9 Å². The molecule has 0 unspecified atom stereocenters. The van der Waals surface area contributed by atoms with E-state index in [1.165, 1.54) is 0 Å². The van der Waals surface area contributed by atoms with E-state index in [9.17, 15) is 4.79 Å². The molecule has 21 heavy (non-hydrogen) atoms. The molecule has 1 heterocycles. The average molecular weight is 353 g/mol. The molecule has 0 radical (unpaired) electrons. The molecule has 0 amide bonds. The molecule has 1 aromatic carbocycles. The lowest BCUT2D eigenvalue weighted by Gasteiger charge is -2.13. The van der Waals surface area contributed by atoms with Crippen LogP contribution in [0.25, 0.3) is 0 Å². The van der Waals surface area contributed by atoms with Crippen LogP contribution >= 0.6 is 15.9 Å². The molecular formula is C15H17BrN2O3. The van der Waals surface area contributed by atoms with Gasteiger partial charge in [-0.15, -0.1) is 0 Å². The van der Waals surface area contributed by atoms with Crippen LogP contribution in [0.1, 0.15) is 6.92 Å². The largest absolute Gasteiger partial charge is 0.490 e. The Morgan fingerprint density at radius 1 is 1.19 bits per heavy atom. The quantitative estimate of drug-likeness (QED) is 0.867. The number of ether oxygens (including phenoxy) is 2. The van der Waals surface area contributed by atoms with Crippen molar-refractivity contribution in [2.75, 3.05) is 18.9 Å². The number of hydrogen-bond acceptors (Lipinski definition) is 4. The molecule has 6 heteroatoms. The van der Waals surface area contributed by atoms with Gasteiger partial charge in [0.05, 0.1) is 23.3 Å². The first-order valence-corrected chi connectivity index (χ1v) is 7.40. The maximum absolute atomic E-state index is 11.5. The van der Waals surface area contributed by atoms with Gasteiger partial charge in [-0.1, -0.05) is 12.1 Å². The molecule has 0 aliphatic carbocycles. The van der Waals surface area contributed by atoms with Crippen molar-refractivity contribution in [3.63, 3.8) is 0 Å². The van der Waals surface area contributed by atoms with Gasteiger partial charge in [0, 0.05) is 12.4 Å². The van der Waals surface area contributed by atoms with E-state index in [0.717, 1.165) is 5.75 Å². The third kappa shape index (κ3) is 4.01. The smallest absolute Gasteiger partial charge is 0.218 e. The number of nitrogen functional groups attached to an aromatic ring is 1. The molecule has 0 bridgehead atoms. The minimum atomic E-state index is -0.200. The zero-order valence-corrected chi connectivity index (χ0v) is 13.3. The minimum Gasteiger partial charge on any atom is -0.490 e. The first-order chi connectivity index (χ1) is 10.1. The van der Waals surface area contributed by atoms with E-state index in [4.69, 9.17) is 15.2 Å². The van der Waals surface area contributed by atoms with Gasteiger partial charge in [-0.05, 0) is 35.0 Å². The number of para-hydroxylation sites is 2. The summed E-state index contributed by atoms with van der Waals surface area (Å²) in [4.78, 5) is 11.5. The molecule has 0 aliphatic rings. The van der Waals surface area contributed by atoms with Crippen LogP contribution in [0.3, 0.4) is 0 Å². The molecule has 0 spiro atoms. The lowest BCUT2D eigenvalue weighted by Crippen LogP contribution is -2.15. The summed E-state index contributed by atoms with van der Waals surface area (Å²) in [7, 11) is 0. The normalized spacial score (nSPS) is 10.4. The highest BCUT2D eigenvalue weighted by atomic mass is 79.9. The third-order valence-electron chi connectivity index (χ3n) is 2.82. The predicted molar refractivity (Wildman–Crippen MR) is 85.9 cm³/mol. The Bertz CT molecular complexity index is 644. The van der Waals surface area contributed by atoms with Gasteiger partial charge in [-0.2, -0.15) is 0 Å². The molecule has 2 aromatic rings. The van der Waals surface area contributed by atoms with Crippen LogP contribution < -0.4 is 20.6 Å². The number of halogens is 1. The molecule has 112 valence electrons. The number of pyridine rings is 1. The van der Waals surface area contributed by atoms with Crippen LogP contribution in [0, 0.1) is 0 Å². The van der Waals surface area contributed by atoms with Crippen molar-refractivity contribution in [2.45, 2.75) is 13.5 Å². The number of hydrogen-bond donors (Lipinski definition) is 1. The second-order valence-electron chi connectivity index (χ2n) is 4.36. The Labute approximate surface area is 131 Å². The molecule has 0 saturated carbocycles. The number of rotatable bonds is 6. The van der Waals surface area contributed by atoms with E-state index in [1.807, 2.05) is 35.8 Å². The number of nitrogens with zero attached hydrogens (tertiary/aromatic N) is 1. The zero-order chi connectivity index (χ0) is 15.2. The van der Waals surface area contributed by atoms with Crippen molar-refractivity contribution < 1.29 is 9.47 Å². The Morgan fingerprint density at radius 2 is 1.86 bits per heavy atom. The van der Waals surface area contributed by atoms with Crippen molar-refractivity contribution in [3.8, 4) is 11.5 Å². The lowest BCUT2D eigenvalue weighted by atomic mass is 10.3. The average Bonchev–Trinajstić information content (AvgIpc) is 2.47. The zero-order valence-electron chi connectivity index (χ0n) is 11.7. The Morgan fingerprint density at radius 3 is 2.48 bits per heavy atom. The number of nitrogens with two attached hydrogens (primary N) is 1. The highest BCUT2D eigenvalue weighted by Gasteiger charge is 2.05. The summed E-state index contributed by atoms with van der Waals surface area (Å²) in [6, 6.07) is 7.52. The number of aromatic nitrogens is 1. The first kappa shape index (κ1) is 15.4. The standard InChI is InChI=1S/C15H17BrN2O3/c1-2-20-13-5-3-4-6-14(13)21-8-7-18-9-11(16)15(19)12(17)10-18/h3-6,9-10H,2,7-8,17H2,1H3. The molecule has 2 rings (SSSR count). The van der Waals surface area contributed by atoms with Crippen LogP contribution in [0.5, 0.6) is 11.5 Å². The summed E-state index contributed by atoms with van der Waals surface area (Å²) in [6.45, 7) is 3.53. The van der Waals surface area contributed by atoms with Crippen LogP contribution in [-0.4, -0.2) is 17.8 Å². The number of anilines is 1. The van der Waals surface area contributed by atoms with Gasteiger partial charge in [-0.3, -0.25) is 4.79 Å². The monoisotopic (exact) mass is 352 g/mol. The molecule has 5 nitrogen and oxygen atoms in total. The fraction of sp³-hybridized carbons (Fsp3) is 0.267. The summed E-state index contributed by atoms with van der Waals surface area (Å²) >= 11 is 3.19. The van der Waals surface area contributed by atoms with Gasteiger partial charge in [0.1, 0.15) is 6.61 Å². The van der Waals surface area contributed by atoms with Gasteiger partial charge in [-0.25, -0.2) is 0 Å². The Kier molecular flexibility index (Phi) is 5.27. The Hall–Kier alpha value is -1.95. The maximum atomic E-state index is 11.5. The third-order valence-corrected chi connectivity index (χ3v) is 3.38. The molecule has 0 aliphatic heterocycles. The van der Waals surface area contributed by atoms with E-state index in [2.05, 4.69) is 15.9 Å². The van der Waals surface area contributed by atoms with Gasteiger partial charge < -0.3 is 19.8 Å². The molecule has 0 saturated heterocycles. The van der Waals surface area contributed by atoms with Crippen molar-refractivity contribution in [1.29, 1.82) is 0 Å². The minimum absolute atomic E-state index is 0.200. The second kappa shape index (κ2) is 7.17. The van der Waals surface area contributed by atoms with Crippen molar-refractivity contribution >= 4 is 21.6 Å². The highest BCUT2D eigenvalue weighted by Crippen LogP contribution is 2.26. The van der Waals surface area contributed by atoms with Crippen LogP contribution in [0.2, 0.25) is 0 Å². The van der Waals surface area contributed by atoms with E-state index >= 15 is 0 Å². The summed E-state index contributed by atoms with van der Waals surface area (Å²) in [5.41, 5.74) is 5.65. The number of benzene rings is 1. The van der Waals surface area contributed by atoms with Gasteiger partial charge in [0.2, 0.25) is 5.43 Å². The SMILES string of the molecule is CCOc1ccccc1OCCn1cc(N)c(=O)c(Br)c1. The van der Waals surface area contributed by atoms with Gasteiger partial charge >= 0.3 is 0 Å². The molecular weight excluding hydrogens is 336 g/mol. The Balaban J connectivity index is 2.00. The fourth-order valence-electron chi connectivity index (χ4n) is 1.85. The topological polar surface area (TPSA) is 66.5 Å². The second-order valence-corrected chi connectivity index (χ2v) is 5.21. The molecule has 1 aromatic heterocycles. The molecule has 2 N–H and O–H groups in total. The van der Waals surface area contributed by atoms with E-state index < -0.39 is 0 Å². The molecule has 0 atom stereocenters. The summed E-state index contributed by atoms with van der Waals surface area (Å²) in [5, 5.41) is 0. The predicted octanol–water partition coefficient (Wildman–Crippen LogP) is 2.67. The van der Waals surface area contributed by atoms with E-state index in [1.54, 1.807) is 12.4 Å².